The molecule has 0 saturated carbocycles. The third-order valence-corrected chi connectivity index (χ3v) is 8.43. The summed E-state index contributed by atoms with van der Waals surface area (Å²) in [5.74, 6) is -1.03. The Kier molecular flexibility index (Phi) is 30.4. The lowest BCUT2D eigenvalue weighted by Gasteiger charge is -2.20. The van der Waals surface area contributed by atoms with Crippen LogP contribution in [0.2, 0.25) is 0 Å². The van der Waals surface area contributed by atoms with Gasteiger partial charge in [0.1, 0.15) is 12.2 Å². The van der Waals surface area contributed by atoms with Gasteiger partial charge in [-0.1, -0.05) is 116 Å². The lowest BCUT2D eigenvalue weighted by Crippen LogP contribution is -2.28. The summed E-state index contributed by atoms with van der Waals surface area (Å²) in [6.45, 7) is 2.13. The van der Waals surface area contributed by atoms with Gasteiger partial charge in [-0.05, 0) is 38.5 Å². The Morgan fingerprint density at radius 3 is 1.27 bits per heavy atom. The molecule has 10 nitrogen and oxygen atoms in total. The molecule has 0 amide bonds. The van der Waals surface area contributed by atoms with Gasteiger partial charge in [0.25, 0.3) is 0 Å². The van der Waals surface area contributed by atoms with Crippen LogP contribution in [0.5, 0.6) is 0 Å². The number of carbonyl (C=O) groups is 2. The smallest absolute Gasteiger partial charge is 0.457 e. The van der Waals surface area contributed by atoms with Crippen molar-refractivity contribution in [2.45, 2.75) is 167 Å². The number of allylic oxidation sites excluding steroid dienone is 2. The number of ether oxygens (including phenoxy) is 2. The van der Waals surface area contributed by atoms with Crippen LogP contribution in [0.3, 0.4) is 0 Å². The fourth-order valence-corrected chi connectivity index (χ4v) is 5.48. The number of hydrogen-bond acceptors (Lipinski definition) is 9. The molecule has 0 saturated heterocycles. The van der Waals surface area contributed by atoms with Crippen LogP contribution in [0.4, 0.5) is 0 Å². The quantitative estimate of drug-likeness (QED) is 0.0272. The molecule has 0 bridgehead atoms. The predicted molar refractivity (Wildman–Crippen MR) is 178 cm³/mol. The Balaban J connectivity index is 4.01. The first-order chi connectivity index (χ1) is 21.8. The molecule has 3 unspecified atom stereocenters. The number of unbranched alkanes of at least 4 members (excludes halogenated alkanes) is 17. The molecule has 266 valence electrons. The first-order valence-corrected chi connectivity index (χ1v) is 19.1. The topological polar surface area (TPSA) is 149 Å². The van der Waals surface area contributed by atoms with Crippen molar-refractivity contribution in [1.82, 2.24) is 0 Å². The molecule has 45 heavy (non-hydrogen) atoms. The first kappa shape index (κ1) is 43.7. The van der Waals surface area contributed by atoms with Crippen LogP contribution < -0.4 is 0 Å². The maximum absolute atomic E-state index is 12.2. The molecule has 0 radical (unpaired) electrons. The number of rotatable bonds is 33. The van der Waals surface area contributed by atoms with Gasteiger partial charge in [0.2, 0.25) is 0 Å². The standard InChI is InChI=1S/C34H65O10P/c1-3-5-7-9-11-13-14-15-16-17-18-20-22-24-26-34(38)44-32(28-36)30-42-45(39,40)41-29-31(27-35)43-33(37)25-23-21-19-12-10-8-6-4-2/h14-15,31-32,35-36H,3-13,16-30H2,1-2H3,(H,39,40)/b15-14-. The zero-order valence-corrected chi connectivity index (χ0v) is 29.2. The van der Waals surface area contributed by atoms with Crippen LogP contribution in [0.15, 0.2) is 12.2 Å². The maximum atomic E-state index is 12.2. The molecule has 3 N–H and O–H groups in total. The summed E-state index contributed by atoms with van der Waals surface area (Å²) in [6, 6.07) is 0. The van der Waals surface area contributed by atoms with Gasteiger partial charge in [0.05, 0.1) is 26.4 Å². The summed E-state index contributed by atoms with van der Waals surface area (Å²) in [5.41, 5.74) is 0. The predicted octanol–water partition coefficient (Wildman–Crippen LogP) is 8.11. The molecule has 0 aliphatic carbocycles. The average molecular weight is 665 g/mol. The number of phosphoric ester groups is 1. The molecule has 0 rings (SSSR count). The molecule has 0 aromatic heterocycles. The Morgan fingerprint density at radius 2 is 0.911 bits per heavy atom. The summed E-state index contributed by atoms with van der Waals surface area (Å²) in [4.78, 5) is 34.1. The van der Waals surface area contributed by atoms with Crippen molar-refractivity contribution in [3.63, 3.8) is 0 Å². The summed E-state index contributed by atoms with van der Waals surface area (Å²) >= 11 is 0. The van der Waals surface area contributed by atoms with Gasteiger partial charge in [-0.15, -0.1) is 0 Å². The highest BCUT2D eigenvalue weighted by molar-refractivity contribution is 7.47. The second-order valence-corrected chi connectivity index (χ2v) is 13.3. The van der Waals surface area contributed by atoms with Gasteiger partial charge in [0.15, 0.2) is 0 Å². The van der Waals surface area contributed by atoms with E-state index in [0.29, 0.717) is 12.8 Å². The highest BCUT2D eigenvalue weighted by atomic mass is 31.2. The lowest BCUT2D eigenvalue weighted by molar-refractivity contribution is -0.153. The minimum Gasteiger partial charge on any atom is -0.457 e. The molecular weight excluding hydrogens is 599 g/mol. The second kappa shape index (κ2) is 31.3. The fourth-order valence-electron chi connectivity index (χ4n) is 4.70. The van der Waals surface area contributed by atoms with E-state index < -0.39 is 58.4 Å². The van der Waals surface area contributed by atoms with Gasteiger partial charge < -0.3 is 24.6 Å². The Morgan fingerprint density at radius 1 is 0.578 bits per heavy atom. The van der Waals surface area contributed by atoms with E-state index >= 15 is 0 Å². The largest absolute Gasteiger partial charge is 0.472 e. The fraction of sp³-hybridized carbons (Fsp3) is 0.882. The van der Waals surface area contributed by atoms with Gasteiger partial charge in [-0.25, -0.2) is 4.57 Å². The number of hydrogen-bond donors (Lipinski definition) is 3. The van der Waals surface area contributed by atoms with Gasteiger partial charge in [-0.2, -0.15) is 0 Å². The number of esters is 2. The minimum absolute atomic E-state index is 0.185. The number of aliphatic hydroxyl groups is 2. The highest BCUT2D eigenvalue weighted by Gasteiger charge is 2.27. The number of phosphoric acid groups is 1. The molecule has 11 heteroatoms. The zero-order chi connectivity index (χ0) is 33.4. The van der Waals surface area contributed by atoms with E-state index in [9.17, 15) is 29.3 Å². The summed E-state index contributed by atoms with van der Waals surface area (Å²) < 4.78 is 32.3. The van der Waals surface area contributed by atoms with Crippen LogP contribution >= 0.6 is 7.82 Å². The van der Waals surface area contributed by atoms with E-state index in [2.05, 4.69) is 26.0 Å². The summed E-state index contributed by atoms with van der Waals surface area (Å²) in [5, 5.41) is 19.0. The van der Waals surface area contributed by atoms with Gasteiger partial charge >= 0.3 is 19.8 Å². The molecule has 0 aliphatic rings. The maximum Gasteiger partial charge on any atom is 0.472 e. The molecule has 3 atom stereocenters. The van der Waals surface area contributed by atoms with Crippen molar-refractivity contribution < 1.29 is 47.8 Å². The monoisotopic (exact) mass is 664 g/mol. The van der Waals surface area contributed by atoms with Crippen molar-refractivity contribution in [3.05, 3.63) is 12.2 Å². The molecule has 0 fully saturated rings. The normalized spacial score (nSPS) is 14.3. The first-order valence-electron chi connectivity index (χ1n) is 17.6. The van der Waals surface area contributed by atoms with Crippen LogP contribution in [0, 0.1) is 0 Å². The third-order valence-electron chi connectivity index (χ3n) is 7.48. The van der Waals surface area contributed by atoms with Crippen molar-refractivity contribution in [3.8, 4) is 0 Å². The van der Waals surface area contributed by atoms with E-state index in [1.807, 2.05) is 0 Å². The number of aliphatic hydroxyl groups excluding tert-OH is 2. The van der Waals surface area contributed by atoms with E-state index in [0.717, 1.165) is 57.8 Å². The third kappa shape index (κ3) is 29.8. The average Bonchev–Trinajstić information content (AvgIpc) is 3.02. The van der Waals surface area contributed by atoms with E-state index in [4.69, 9.17) is 18.5 Å². The molecular formula is C34H65O10P. The van der Waals surface area contributed by atoms with Crippen LogP contribution in [0.1, 0.15) is 155 Å². The van der Waals surface area contributed by atoms with E-state index in [1.165, 1.54) is 57.8 Å². The van der Waals surface area contributed by atoms with Crippen LogP contribution in [-0.4, -0.2) is 65.7 Å². The van der Waals surface area contributed by atoms with Crippen molar-refractivity contribution in [1.29, 1.82) is 0 Å². The van der Waals surface area contributed by atoms with Gasteiger partial charge in [-0.3, -0.25) is 18.6 Å². The van der Waals surface area contributed by atoms with E-state index in [1.54, 1.807) is 0 Å². The molecule has 0 aliphatic heterocycles. The summed E-state index contributed by atoms with van der Waals surface area (Å²) in [6.07, 6.45) is 24.9. The van der Waals surface area contributed by atoms with Gasteiger partial charge in [0, 0.05) is 12.8 Å². The van der Waals surface area contributed by atoms with Crippen molar-refractivity contribution >= 4 is 19.8 Å². The van der Waals surface area contributed by atoms with Crippen molar-refractivity contribution in [2.24, 2.45) is 0 Å². The minimum atomic E-state index is -4.62. The lowest BCUT2D eigenvalue weighted by atomic mass is 10.1. The SMILES string of the molecule is CCCCCCC/C=C\CCCCCCCC(=O)OC(CO)COP(=O)(O)OCC(CO)OC(=O)CCCCCCCCCC. The summed E-state index contributed by atoms with van der Waals surface area (Å²) in [7, 11) is -4.62. The van der Waals surface area contributed by atoms with E-state index in [-0.39, 0.29) is 12.8 Å². The second-order valence-electron chi connectivity index (χ2n) is 11.9. The molecule has 0 heterocycles. The zero-order valence-electron chi connectivity index (χ0n) is 28.3. The Hall–Kier alpha value is -1.29. The molecule has 0 aromatic carbocycles. The highest BCUT2D eigenvalue weighted by Crippen LogP contribution is 2.43. The number of carbonyl (C=O) groups excluding carboxylic acids is 2. The molecule has 0 aromatic rings. The van der Waals surface area contributed by atoms with Crippen molar-refractivity contribution in [2.75, 3.05) is 26.4 Å². The van der Waals surface area contributed by atoms with Crippen LogP contribution in [0.25, 0.3) is 0 Å². The Labute approximate surface area is 273 Å². The van der Waals surface area contributed by atoms with Crippen LogP contribution in [-0.2, 0) is 32.7 Å². The Bertz CT molecular complexity index is 776. The molecule has 0 spiro atoms.